The van der Waals surface area contributed by atoms with Gasteiger partial charge in [0, 0.05) is 31.7 Å². The summed E-state index contributed by atoms with van der Waals surface area (Å²) in [5, 5.41) is -0.510. The Morgan fingerprint density at radius 3 is 2.60 bits per heavy atom. The van der Waals surface area contributed by atoms with Crippen molar-refractivity contribution in [3.05, 3.63) is 46.9 Å². The first kappa shape index (κ1) is 24.6. The second-order valence-corrected chi connectivity index (χ2v) is 12.4. The molecule has 1 aromatic heterocycles. The topological polar surface area (TPSA) is 74.8 Å². The van der Waals surface area contributed by atoms with Gasteiger partial charge in [-0.05, 0) is 36.9 Å². The smallest absolute Gasteiger partial charge is 0.268 e. The van der Waals surface area contributed by atoms with Crippen molar-refractivity contribution in [1.82, 2.24) is 9.88 Å². The number of sulfonamides is 1. The number of pyridine rings is 1. The van der Waals surface area contributed by atoms with E-state index in [4.69, 9.17) is 16.3 Å². The van der Waals surface area contributed by atoms with Crippen molar-refractivity contribution in [2.45, 2.75) is 43.2 Å². The molecule has 5 rings (SSSR count). The van der Waals surface area contributed by atoms with E-state index in [0.717, 1.165) is 44.1 Å². The second-order valence-electron chi connectivity index (χ2n) is 10.4. The molecule has 3 aliphatic heterocycles. The normalized spacial score (nSPS) is 23.6. The molecule has 0 unspecified atom stereocenters. The van der Waals surface area contributed by atoms with Gasteiger partial charge in [0.25, 0.3) is 10.0 Å². The molecule has 7 nitrogen and oxygen atoms in total. The molecule has 0 bridgehead atoms. The molecule has 1 N–H and O–H groups in total. The Morgan fingerprint density at radius 1 is 1.20 bits per heavy atom. The minimum atomic E-state index is -4.76. The van der Waals surface area contributed by atoms with Crippen LogP contribution in [0.3, 0.4) is 0 Å². The molecule has 1 spiro atoms. The molecule has 3 saturated heterocycles. The van der Waals surface area contributed by atoms with Gasteiger partial charge in [-0.2, -0.15) is 4.39 Å². The number of hydrogen-bond donors (Lipinski definition) is 1. The van der Waals surface area contributed by atoms with Crippen molar-refractivity contribution >= 4 is 33.1 Å². The summed E-state index contributed by atoms with van der Waals surface area (Å²) < 4.78 is 76.6. The molecule has 1 atom stereocenters. The molecular weight excluding hydrogens is 505 g/mol. The van der Waals surface area contributed by atoms with Gasteiger partial charge in [-0.3, -0.25) is 9.62 Å². The van der Waals surface area contributed by atoms with Gasteiger partial charge in [0.05, 0.1) is 12.3 Å². The van der Waals surface area contributed by atoms with E-state index in [1.54, 1.807) is 4.90 Å². The Morgan fingerprint density at radius 2 is 1.94 bits per heavy atom. The molecule has 0 saturated carbocycles. The van der Waals surface area contributed by atoms with Crippen LogP contribution in [-0.2, 0) is 14.8 Å². The number of nitrogens with zero attached hydrogens (tertiary/aromatic N) is 3. The Balaban J connectivity index is 1.31. The fourth-order valence-corrected chi connectivity index (χ4v) is 6.73. The average molecular weight is 531 g/mol. The SMILES string of the molecule is CC1(C)CCN([C@@H]2COC3(C2)CN(c2cc(F)c(S(=O)(=O)Nc4cccc(F)n4)c(F)c2Cl)C3)C1. The van der Waals surface area contributed by atoms with Crippen LogP contribution in [0.5, 0.6) is 0 Å². The molecular formula is C23H26ClF3N4O3S. The predicted molar refractivity (Wildman–Crippen MR) is 126 cm³/mol. The molecule has 35 heavy (non-hydrogen) atoms. The summed E-state index contributed by atoms with van der Waals surface area (Å²) >= 11 is 6.17. The van der Waals surface area contributed by atoms with E-state index in [-0.39, 0.29) is 11.1 Å². The summed E-state index contributed by atoms with van der Waals surface area (Å²) in [5.74, 6) is -4.09. The monoisotopic (exact) mass is 530 g/mol. The summed E-state index contributed by atoms with van der Waals surface area (Å²) in [7, 11) is -4.76. The third kappa shape index (κ3) is 4.59. The number of likely N-dealkylation sites (tertiary alicyclic amines) is 1. The summed E-state index contributed by atoms with van der Waals surface area (Å²) in [6.07, 6.45) is 1.95. The highest BCUT2D eigenvalue weighted by molar-refractivity contribution is 7.92. The van der Waals surface area contributed by atoms with E-state index in [2.05, 4.69) is 23.7 Å². The first-order valence-corrected chi connectivity index (χ1v) is 13.2. The quantitative estimate of drug-likeness (QED) is 0.465. The number of rotatable bonds is 5. The molecule has 12 heteroatoms. The molecule has 0 amide bonds. The Bertz CT molecular complexity index is 1270. The largest absolute Gasteiger partial charge is 0.370 e. The van der Waals surface area contributed by atoms with Crippen molar-refractivity contribution < 1.29 is 26.3 Å². The van der Waals surface area contributed by atoms with Gasteiger partial charge in [-0.15, -0.1) is 0 Å². The highest BCUT2D eigenvalue weighted by Gasteiger charge is 2.52. The molecule has 4 heterocycles. The molecule has 190 valence electrons. The van der Waals surface area contributed by atoms with Crippen LogP contribution in [0.2, 0.25) is 5.02 Å². The zero-order valence-corrected chi connectivity index (χ0v) is 20.9. The van der Waals surface area contributed by atoms with E-state index in [1.165, 1.54) is 6.07 Å². The van der Waals surface area contributed by atoms with Gasteiger partial charge in [-0.25, -0.2) is 22.2 Å². The zero-order chi connectivity index (χ0) is 25.2. The molecule has 3 fully saturated rings. The maximum atomic E-state index is 15.1. The van der Waals surface area contributed by atoms with Crippen LogP contribution >= 0.6 is 11.6 Å². The Kier molecular flexibility index (Phi) is 5.98. The lowest BCUT2D eigenvalue weighted by Crippen LogP contribution is -2.62. The number of anilines is 2. The van der Waals surface area contributed by atoms with Gasteiger partial charge in [0.2, 0.25) is 5.95 Å². The van der Waals surface area contributed by atoms with Crippen LogP contribution in [0.1, 0.15) is 26.7 Å². The average Bonchev–Trinajstić information content (AvgIpc) is 3.33. The lowest BCUT2D eigenvalue weighted by molar-refractivity contribution is -0.0191. The van der Waals surface area contributed by atoms with Crippen molar-refractivity contribution in [3.8, 4) is 0 Å². The number of nitrogens with one attached hydrogen (secondary N) is 1. The van der Waals surface area contributed by atoms with Gasteiger partial charge < -0.3 is 9.64 Å². The van der Waals surface area contributed by atoms with Gasteiger partial charge >= 0.3 is 0 Å². The van der Waals surface area contributed by atoms with Gasteiger partial charge in [-0.1, -0.05) is 31.5 Å². The zero-order valence-electron chi connectivity index (χ0n) is 19.3. The fraction of sp³-hybridized carbons (Fsp3) is 0.522. The predicted octanol–water partition coefficient (Wildman–Crippen LogP) is 4.03. The lowest BCUT2D eigenvalue weighted by atomic mass is 9.88. The van der Waals surface area contributed by atoms with Gasteiger partial charge in [0.1, 0.15) is 22.3 Å². The number of ether oxygens (including phenoxy) is 1. The minimum Gasteiger partial charge on any atom is -0.370 e. The maximum Gasteiger partial charge on any atom is 0.268 e. The number of hydrogen-bond acceptors (Lipinski definition) is 6. The van der Waals surface area contributed by atoms with Crippen LogP contribution in [-0.4, -0.2) is 62.7 Å². The maximum absolute atomic E-state index is 15.1. The van der Waals surface area contributed by atoms with Crippen LogP contribution in [0.15, 0.2) is 29.2 Å². The van der Waals surface area contributed by atoms with Crippen molar-refractivity contribution in [2.75, 3.05) is 42.4 Å². The number of benzene rings is 1. The number of aromatic nitrogens is 1. The van der Waals surface area contributed by atoms with E-state index in [0.29, 0.717) is 25.7 Å². The Labute approximate surface area is 207 Å². The molecule has 2 aromatic rings. The van der Waals surface area contributed by atoms with E-state index >= 15 is 4.39 Å². The first-order chi connectivity index (χ1) is 16.4. The fourth-order valence-electron chi connectivity index (χ4n) is 5.26. The lowest BCUT2D eigenvalue weighted by Gasteiger charge is -2.49. The second kappa shape index (κ2) is 8.50. The summed E-state index contributed by atoms with van der Waals surface area (Å²) in [4.78, 5) is 6.24. The Hall–Kier alpha value is -2.08. The standard InChI is InChI=1S/C23H26ClF3N4O3S/c1-22(2)6-7-30(11-22)14-9-23(34-10-14)12-31(13-23)16-8-15(25)21(20(27)19(16)24)35(32,33)29-18-5-3-4-17(26)28-18/h3-5,8,14H,6-7,9-13H2,1-2H3,(H,28,29)/t14-/m0/s1. The van der Waals surface area contributed by atoms with E-state index in [9.17, 15) is 17.2 Å². The third-order valence-electron chi connectivity index (χ3n) is 7.03. The van der Waals surface area contributed by atoms with Crippen molar-refractivity contribution in [3.63, 3.8) is 0 Å². The summed E-state index contributed by atoms with van der Waals surface area (Å²) in [6, 6.07) is 4.58. The molecule has 3 aliphatic rings. The first-order valence-electron chi connectivity index (χ1n) is 11.3. The van der Waals surface area contributed by atoms with Crippen LogP contribution in [0, 0.1) is 23.0 Å². The van der Waals surface area contributed by atoms with E-state index in [1.807, 2.05) is 4.72 Å². The molecule has 0 radical (unpaired) electrons. The van der Waals surface area contributed by atoms with Gasteiger partial charge in [0.15, 0.2) is 10.7 Å². The number of halogens is 4. The summed E-state index contributed by atoms with van der Waals surface area (Å²) in [6.45, 7) is 7.95. The molecule has 1 aromatic carbocycles. The van der Waals surface area contributed by atoms with Crippen LogP contribution in [0.4, 0.5) is 24.7 Å². The summed E-state index contributed by atoms with van der Waals surface area (Å²) in [5.41, 5.74) is -0.0706. The highest BCUT2D eigenvalue weighted by atomic mass is 35.5. The third-order valence-corrected chi connectivity index (χ3v) is 8.78. The van der Waals surface area contributed by atoms with Crippen LogP contribution < -0.4 is 9.62 Å². The van der Waals surface area contributed by atoms with Crippen molar-refractivity contribution in [2.24, 2.45) is 5.41 Å². The highest BCUT2D eigenvalue weighted by Crippen LogP contribution is 2.44. The van der Waals surface area contributed by atoms with Crippen LogP contribution in [0.25, 0.3) is 0 Å². The van der Waals surface area contributed by atoms with E-state index < -0.39 is 48.9 Å². The van der Waals surface area contributed by atoms with Crippen molar-refractivity contribution in [1.29, 1.82) is 0 Å². The molecule has 0 aliphatic carbocycles. The minimum absolute atomic E-state index is 0.0597.